The van der Waals surface area contributed by atoms with Crippen LogP contribution in [0.5, 0.6) is 0 Å². The topological polar surface area (TPSA) is 107 Å². The van der Waals surface area contributed by atoms with Crippen LogP contribution < -0.4 is 5.32 Å². The third kappa shape index (κ3) is 2.78. The molecule has 0 saturated carbocycles. The van der Waals surface area contributed by atoms with Crippen molar-refractivity contribution in [1.82, 2.24) is 15.1 Å². The molecule has 0 aliphatic carbocycles. The monoisotopic (exact) mass is 249 g/mol. The van der Waals surface area contributed by atoms with Crippen LogP contribution >= 0.6 is 0 Å². The predicted octanol–water partition coefficient (Wildman–Crippen LogP) is 1.34. The highest BCUT2D eigenvalue weighted by Gasteiger charge is 2.14. The molecule has 0 aromatic carbocycles. The fourth-order valence-corrected chi connectivity index (χ4v) is 1.42. The van der Waals surface area contributed by atoms with E-state index in [0.717, 1.165) is 0 Å². The lowest BCUT2D eigenvalue weighted by Gasteiger charge is -2.05. The highest BCUT2D eigenvalue weighted by atomic mass is 16.6. The Morgan fingerprint density at radius 2 is 2.33 bits per heavy atom. The molecule has 0 bridgehead atoms. The van der Waals surface area contributed by atoms with E-state index in [2.05, 4.69) is 25.0 Å². The van der Waals surface area contributed by atoms with Crippen molar-refractivity contribution >= 4 is 11.5 Å². The summed E-state index contributed by atoms with van der Waals surface area (Å²) >= 11 is 0. The third-order valence-electron chi connectivity index (χ3n) is 2.26. The highest BCUT2D eigenvalue weighted by molar-refractivity contribution is 5.56. The van der Waals surface area contributed by atoms with E-state index in [0.29, 0.717) is 24.5 Å². The summed E-state index contributed by atoms with van der Waals surface area (Å²) in [6.45, 7) is 2.21. The zero-order valence-electron chi connectivity index (χ0n) is 9.66. The number of nitrogens with one attached hydrogen (secondary N) is 1. The average molecular weight is 249 g/mol. The van der Waals surface area contributed by atoms with Crippen LogP contribution in [-0.4, -0.2) is 26.6 Å². The maximum absolute atomic E-state index is 10.8. The van der Waals surface area contributed by atoms with Gasteiger partial charge in [-0.3, -0.25) is 10.1 Å². The number of pyridine rings is 1. The molecule has 2 heterocycles. The number of anilines is 1. The first-order valence-corrected chi connectivity index (χ1v) is 5.28. The molecule has 0 aliphatic heterocycles. The van der Waals surface area contributed by atoms with Gasteiger partial charge in [0.15, 0.2) is 5.82 Å². The van der Waals surface area contributed by atoms with Gasteiger partial charge in [0.25, 0.3) is 0 Å². The molecule has 0 amide bonds. The zero-order chi connectivity index (χ0) is 13.0. The van der Waals surface area contributed by atoms with Crippen LogP contribution in [0.2, 0.25) is 0 Å². The summed E-state index contributed by atoms with van der Waals surface area (Å²) in [5, 5.41) is 17.4. The lowest BCUT2D eigenvalue weighted by atomic mass is 10.3. The quantitative estimate of drug-likeness (QED) is 0.629. The minimum Gasteiger partial charge on any atom is -0.364 e. The van der Waals surface area contributed by atoms with Gasteiger partial charge in [0.1, 0.15) is 0 Å². The van der Waals surface area contributed by atoms with Crippen LogP contribution in [0.1, 0.15) is 11.5 Å². The van der Waals surface area contributed by atoms with Crippen molar-refractivity contribution in [2.24, 2.45) is 0 Å². The van der Waals surface area contributed by atoms with Crippen LogP contribution in [0.15, 0.2) is 23.0 Å². The number of hydrogen-bond acceptors (Lipinski definition) is 7. The minimum absolute atomic E-state index is 0.0475. The van der Waals surface area contributed by atoms with Crippen molar-refractivity contribution in [3.63, 3.8) is 0 Å². The smallest absolute Gasteiger partial charge is 0.311 e. The van der Waals surface area contributed by atoms with Gasteiger partial charge in [-0.25, -0.2) is 4.98 Å². The molecule has 0 aliphatic rings. The molecule has 2 aromatic heterocycles. The van der Waals surface area contributed by atoms with Crippen molar-refractivity contribution in [2.45, 2.75) is 13.3 Å². The molecular weight excluding hydrogens is 238 g/mol. The molecular formula is C10H11N5O3. The van der Waals surface area contributed by atoms with Gasteiger partial charge in [-0.1, -0.05) is 5.16 Å². The molecule has 1 N–H and O–H groups in total. The van der Waals surface area contributed by atoms with Crippen molar-refractivity contribution in [1.29, 1.82) is 0 Å². The molecule has 0 saturated heterocycles. The lowest BCUT2D eigenvalue weighted by molar-refractivity contribution is -0.384. The second-order valence-electron chi connectivity index (χ2n) is 3.60. The number of hydrogen-bond donors (Lipinski definition) is 1. The minimum atomic E-state index is -0.469. The highest BCUT2D eigenvalue weighted by Crippen LogP contribution is 2.21. The number of aryl methyl sites for hydroxylation is 1. The van der Waals surface area contributed by atoms with E-state index in [-0.39, 0.29) is 11.5 Å². The summed E-state index contributed by atoms with van der Waals surface area (Å²) in [4.78, 5) is 18.3. The van der Waals surface area contributed by atoms with Crippen molar-refractivity contribution < 1.29 is 9.45 Å². The Kier molecular flexibility index (Phi) is 3.46. The van der Waals surface area contributed by atoms with Gasteiger partial charge in [-0.05, 0) is 13.0 Å². The number of nitro groups is 1. The van der Waals surface area contributed by atoms with Crippen LogP contribution in [0.3, 0.4) is 0 Å². The van der Waals surface area contributed by atoms with Crippen LogP contribution in [-0.2, 0) is 6.42 Å². The molecule has 0 atom stereocenters. The third-order valence-corrected chi connectivity index (χ3v) is 2.26. The molecule has 8 nitrogen and oxygen atoms in total. The Balaban J connectivity index is 2.03. The molecule has 0 spiro atoms. The Morgan fingerprint density at radius 1 is 1.50 bits per heavy atom. The van der Waals surface area contributed by atoms with Crippen molar-refractivity contribution in [3.8, 4) is 0 Å². The van der Waals surface area contributed by atoms with Crippen LogP contribution in [0, 0.1) is 17.0 Å². The van der Waals surface area contributed by atoms with Gasteiger partial charge in [0.2, 0.25) is 12.2 Å². The van der Waals surface area contributed by atoms with E-state index in [4.69, 9.17) is 0 Å². The Bertz CT molecular complexity index is 540. The Morgan fingerprint density at radius 3 is 3.00 bits per heavy atom. The van der Waals surface area contributed by atoms with Crippen LogP contribution in [0.4, 0.5) is 11.5 Å². The van der Waals surface area contributed by atoms with E-state index in [1.54, 1.807) is 13.0 Å². The van der Waals surface area contributed by atoms with E-state index >= 15 is 0 Å². The number of aromatic nitrogens is 3. The van der Waals surface area contributed by atoms with Gasteiger partial charge in [0, 0.05) is 24.7 Å². The molecule has 94 valence electrons. The van der Waals surface area contributed by atoms with Crippen molar-refractivity contribution in [3.05, 3.63) is 40.2 Å². The van der Waals surface area contributed by atoms with Crippen LogP contribution in [0.25, 0.3) is 0 Å². The van der Waals surface area contributed by atoms with Gasteiger partial charge >= 0.3 is 5.69 Å². The molecule has 2 aromatic rings. The Labute approximate surface area is 102 Å². The molecule has 0 radical (unpaired) electrons. The molecule has 0 unspecified atom stereocenters. The first-order valence-electron chi connectivity index (χ1n) is 5.28. The second kappa shape index (κ2) is 5.21. The number of rotatable bonds is 5. The van der Waals surface area contributed by atoms with E-state index in [9.17, 15) is 10.1 Å². The zero-order valence-corrected chi connectivity index (χ0v) is 9.66. The van der Waals surface area contributed by atoms with Crippen molar-refractivity contribution in [2.75, 3.05) is 11.9 Å². The van der Waals surface area contributed by atoms with Gasteiger partial charge < -0.3 is 9.84 Å². The summed E-state index contributed by atoms with van der Waals surface area (Å²) < 4.78 is 4.59. The first-order chi connectivity index (χ1) is 8.66. The Hall–Kier alpha value is -2.51. The summed E-state index contributed by atoms with van der Waals surface area (Å²) in [5.41, 5.74) is 0.663. The largest absolute Gasteiger partial charge is 0.364 e. The van der Waals surface area contributed by atoms with E-state index in [1.165, 1.54) is 12.5 Å². The standard InChI is InChI=1S/C10H11N5O3/c1-7-2-3-8(15(16)17)10(13-7)11-5-4-9-12-6-18-14-9/h2-3,6H,4-5H2,1H3,(H,11,13). The number of nitrogens with zero attached hydrogens (tertiary/aromatic N) is 4. The fourth-order valence-electron chi connectivity index (χ4n) is 1.42. The second-order valence-corrected chi connectivity index (χ2v) is 3.60. The molecule has 2 rings (SSSR count). The molecule has 8 heteroatoms. The lowest BCUT2D eigenvalue weighted by Crippen LogP contribution is -2.09. The molecule has 18 heavy (non-hydrogen) atoms. The summed E-state index contributed by atoms with van der Waals surface area (Å²) in [6.07, 6.45) is 1.74. The summed E-state index contributed by atoms with van der Waals surface area (Å²) in [5.74, 6) is 0.793. The van der Waals surface area contributed by atoms with E-state index < -0.39 is 4.92 Å². The summed E-state index contributed by atoms with van der Waals surface area (Å²) in [6, 6.07) is 3.03. The summed E-state index contributed by atoms with van der Waals surface area (Å²) in [7, 11) is 0. The predicted molar refractivity (Wildman–Crippen MR) is 62.1 cm³/mol. The van der Waals surface area contributed by atoms with Gasteiger partial charge in [-0.15, -0.1) is 0 Å². The maximum Gasteiger partial charge on any atom is 0.311 e. The fraction of sp³-hybridized carbons (Fsp3) is 0.300. The van der Waals surface area contributed by atoms with Gasteiger partial charge in [-0.2, -0.15) is 4.98 Å². The first kappa shape index (κ1) is 12.0. The average Bonchev–Trinajstić information content (AvgIpc) is 2.82. The van der Waals surface area contributed by atoms with Gasteiger partial charge in [0.05, 0.1) is 4.92 Å². The SMILES string of the molecule is Cc1ccc([N+](=O)[O-])c(NCCc2ncon2)n1. The maximum atomic E-state index is 10.8. The molecule has 0 fully saturated rings. The normalized spacial score (nSPS) is 10.3. The van der Waals surface area contributed by atoms with E-state index in [1.807, 2.05) is 0 Å².